The molecule has 0 aromatic rings. The molecule has 0 radical (unpaired) electrons. The fourth-order valence-electron chi connectivity index (χ4n) is 1.83. The number of thioether (sulfide) groups is 1. The summed E-state index contributed by atoms with van der Waals surface area (Å²) in [5.41, 5.74) is -0.482. The lowest BCUT2D eigenvalue weighted by Crippen LogP contribution is -2.46. The van der Waals surface area contributed by atoms with E-state index in [1.54, 1.807) is 11.1 Å². The predicted octanol–water partition coefficient (Wildman–Crippen LogP) is 1.16. The van der Waals surface area contributed by atoms with Gasteiger partial charge in [0.1, 0.15) is 0 Å². The SMILES string of the molecule is CC(=O)OCCCC(=O)C1=CN(C(C)(C)C)C(S(N)(=O)=O)S1. The van der Waals surface area contributed by atoms with Crippen LogP contribution >= 0.6 is 11.8 Å². The first-order valence-electron chi connectivity index (χ1n) is 6.78. The third-order valence-electron chi connectivity index (χ3n) is 2.90. The minimum atomic E-state index is -3.82. The molecular formula is C13H22N2O5S2. The summed E-state index contributed by atoms with van der Waals surface area (Å²) in [4.78, 5) is 24.7. The predicted molar refractivity (Wildman–Crippen MR) is 85.0 cm³/mol. The van der Waals surface area contributed by atoms with Crippen molar-refractivity contribution in [1.29, 1.82) is 0 Å². The minimum Gasteiger partial charge on any atom is -0.466 e. The topological polar surface area (TPSA) is 107 Å². The van der Waals surface area contributed by atoms with E-state index in [-0.39, 0.29) is 18.8 Å². The number of hydrogen-bond donors (Lipinski definition) is 1. The molecule has 0 fully saturated rings. The highest BCUT2D eigenvalue weighted by Gasteiger charge is 2.41. The Balaban J connectivity index is 2.75. The molecule has 0 aliphatic carbocycles. The van der Waals surface area contributed by atoms with Crippen LogP contribution in [0.2, 0.25) is 0 Å². The standard InChI is InChI=1S/C13H22N2O5S2/c1-9(16)20-7-5-6-10(17)11-8-15(13(2,3)4)12(21-11)22(14,18)19/h8,12H,5-7H2,1-4H3,(H2,14,18,19). The lowest BCUT2D eigenvalue weighted by Gasteiger charge is -2.35. The van der Waals surface area contributed by atoms with E-state index in [4.69, 9.17) is 9.88 Å². The summed E-state index contributed by atoms with van der Waals surface area (Å²) >= 11 is 0.942. The minimum absolute atomic E-state index is 0.167. The summed E-state index contributed by atoms with van der Waals surface area (Å²) < 4.78 is 27.2. The Morgan fingerprint density at radius 3 is 2.41 bits per heavy atom. The van der Waals surface area contributed by atoms with Crippen molar-refractivity contribution in [3.8, 4) is 0 Å². The van der Waals surface area contributed by atoms with Gasteiger partial charge in [-0.1, -0.05) is 11.8 Å². The number of nitrogens with zero attached hydrogens (tertiary/aromatic N) is 1. The smallest absolute Gasteiger partial charge is 0.302 e. The van der Waals surface area contributed by atoms with Crippen LogP contribution in [0.15, 0.2) is 11.1 Å². The fourth-order valence-corrected chi connectivity index (χ4v) is 4.48. The summed E-state index contributed by atoms with van der Waals surface area (Å²) in [6.07, 6.45) is 2.13. The second-order valence-electron chi connectivity index (χ2n) is 5.95. The van der Waals surface area contributed by atoms with Gasteiger partial charge in [-0.2, -0.15) is 0 Å². The van der Waals surface area contributed by atoms with Crippen LogP contribution in [0.5, 0.6) is 0 Å². The summed E-state index contributed by atoms with van der Waals surface area (Å²) in [5.74, 6) is -0.576. The second kappa shape index (κ2) is 7.01. The Kier molecular flexibility index (Phi) is 6.05. The molecule has 0 saturated heterocycles. The Morgan fingerprint density at radius 2 is 2.00 bits per heavy atom. The largest absolute Gasteiger partial charge is 0.466 e. The van der Waals surface area contributed by atoms with Crippen molar-refractivity contribution >= 4 is 33.5 Å². The Labute approximate surface area is 135 Å². The zero-order valence-electron chi connectivity index (χ0n) is 13.2. The number of ether oxygens (including phenoxy) is 1. The van der Waals surface area contributed by atoms with E-state index < -0.39 is 26.2 Å². The number of rotatable bonds is 6. The molecule has 7 nitrogen and oxygen atoms in total. The van der Waals surface area contributed by atoms with Crippen LogP contribution in [0.3, 0.4) is 0 Å². The molecule has 0 spiro atoms. The van der Waals surface area contributed by atoms with Gasteiger partial charge in [-0.05, 0) is 27.2 Å². The van der Waals surface area contributed by atoms with Gasteiger partial charge >= 0.3 is 5.97 Å². The molecule has 0 amide bonds. The third-order valence-corrected chi connectivity index (χ3v) is 5.79. The lowest BCUT2D eigenvalue weighted by molar-refractivity contribution is -0.141. The van der Waals surface area contributed by atoms with Gasteiger partial charge in [-0.25, -0.2) is 13.6 Å². The van der Waals surface area contributed by atoms with Crippen LogP contribution in [-0.4, -0.2) is 41.9 Å². The molecule has 1 rings (SSSR count). The third kappa shape index (κ3) is 5.29. The summed E-state index contributed by atoms with van der Waals surface area (Å²) in [6.45, 7) is 7.00. The summed E-state index contributed by atoms with van der Waals surface area (Å²) in [7, 11) is -3.82. The molecule has 0 saturated carbocycles. The van der Waals surface area contributed by atoms with Crippen LogP contribution in [0.4, 0.5) is 0 Å². The molecule has 1 heterocycles. The Hall–Kier alpha value is -1.06. The highest BCUT2D eigenvalue weighted by atomic mass is 32.3. The lowest BCUT2D eigenvalue weighted by atomic mass is 10.1. The summed E-state index contributed by atoms with van der Waals surface area (Å²) in [5, 5.41) is 5.25. The van der Waals surface area contributed by atoms with Crippen molar-refractivity contribution in [2.75, 3.05) is 6.61 Å². The monoisotopic (exact) mass is 350 g/mol. The van der Waals surface area contributed by atoms with E-state index >= 15 is 0 Å². The average molecular weight is 350 g/mol. The van der Waals surface area contributed by atoms with E-state index in [0.29, 0.717) is 11.3 Å². The Bertz CT molecular complexity index is 578. The van der Waals surface area contributed by atoms with Crippen molar-refractivity contribution in [2.45, 2.75) is 50.8 Å². The van der Waals surface area contributed by atoms with Crippen LogP contribution in [0.1, 0.15) is 40.5 Å². The molecule has 22 heavy (non-hydrogen) atoms. The van der Waals surface area contributed by atoms with Crippen LogP contribution < -0.4 is 5.14 Å². The fraction of sp³-hybridized carbons (Fsp3) is 0.692. The molecule has 0 aromatic heterocycles. The van der Waals surface area contributed by atoms with Crippen LogP contribution in [-0.2, 0) is 24.3 Å². The molecule has 1 atom stereocenters. The molecule has 0 aromatic carbocycles. The molecule has 126 valence electrons. The van der Waals surface area contributed by atoms with Crippen molar-refractivity contribution < 1.29 is 22.7 Å². The number of allylic oxidation sites excluding steroid dienone is 1. The highest BCUT2D eigenvalue weighted by molar-refractivity contribution is 8.15. The van der Waals surface area contributed by atoms with Gasteiger partial charge in [0.2, 0.25) is 10.0 Å². The maximum absolute atomic E-state index is 12.1. The van der Waals surface area contributed by atoms with Crippen molar-refractivity contribution in [3.05, 3.63) is 11.1 Å². The van der Waals surface area contributed by atoms with Gasteiger partial charge in [0.15, 0.2) is 10.5 Å². The highest BCUT2D eigenvalue weighted by Crippen LogP contribution is 2.40. The van der Waals surface area contributed by atoms with Crippen molar-refractivity contribution in [1.82, 2.24) is 4.90 Å². The number of sulfonamides is 1. The number of carbonyl (C=O) groups excluding carboxylic acids is 2. The van der Waals surface area contributed by atoms with Crippen molar-refractivity contribution in [3.63, 3.8) is 0 Å². The first-order valence-corrected chi connectivity index (χ1v) is 9.27. The number of primary sulfonamides is 1. The number of nitrogens with two attached hydrogens (primary N) is 1. The van der Waals surface area contributed by atoms with E-state index in [1.165, 1.54) is 6.92 Å². The first-order chi connectivity index (χ1) is 9.93. The molecule has 9 heteroatoms. The number of carbonyl (C=O) groups is 2. The van der Waals surface area contributed by atoms with Crippen molar-refractivity contribution in [2.24, 2.45) is 5.14 Å². The van der Waals surface area contributed by atoms with Gasteiger partial charge < -0.3 is 9.64 Å². The molecule has 1 unspecified atom stereocenters. The number of hydrogen-bond acceptors (Lipinski definition) is 7. The van der Waals surface area contributed by atoms with E-state index in [1.807, 2.05) is 20.8 Å². The normalized spacial score (nSPS) is 19.0. The van der Waals surface area contributed by atoms with E-state index in [0.717, 1.165) is 11.8 Å². The first kappa shape index (κ1) is 19.0. The van der Waals surface area contributed by atoms with E-state index in [2.05, 4.69) is 0 Å². The van der Waals surface area contributed by atoms with Gasteiger partial charge in [0, 0.05) is 25.1 Å². The Morgan fingerprint density at radius 1 is 1.41 bits per heavy atom. The number of ketones is 1. The van der Waals surface area contributed by atoms with Crippen LogP contribution in [0.25, 0.3) is 0 Å². The maximum Gasteiger partial charge on any atom is 0.302 e. The molecule has 0 bridgehead atoms. The van der Waals surface area contributed by atoms with Gasteiger partial charge in [-0.3, -0.25) is 9.59 Å². The number of Topliss-reactive ketones (excluding diaryl/α,β-unsaturated/α-hetero) is 1. The molecule has 2 N–H and O–H groups in total. The number of esters is 1. The van der Waals surface area contributed by atoms with Gasteiger partial charge in [0.05, 0.1) is 11.5 Å². The summed E-state index contributed by atoms with van der Waals surface area (Å²) in [6, 6.07) is 0. The zero-order valence-corrected chi connectivity index (χ0v) is 14.8. The molecule has 1 aliphatic heterocycles. The quantitative estimate of drug-likeness (QED) is 0.566. The van der Waals surface area contributed by atoms with Gasteiger partial charge in [0.25, 0.3) is 0 Å². The maximum atomic E-state index is 12.1. The second-order valence-corrected chi connectivity index (χ2v) is 9.00. The zero-order chi connectivity index (χ0) is 17.1. The molecule has 1 aliphatic rings. The van der Waals surface area contributed by atoms with Crippen LogP contribution in [0, 0.1) is 0 Å². The van der Waals surface area contributed by atoms with Gasteiger partial charge in [-0.15, -0.1) is 0 Å². The average Bonchev–Trinajstić information content (AvgIpc) is 2.78. The van der Waals surface area contributed by atoms with E-state index in [9.17, 15) is 18.0 Å². The molecular weight excluding hydrogens is 328 g/mol.